The van der Waals surface area contributed by atoms with Crippen LogP contribution < -0.4 is 10.0 Å². The second-order valence-corrected chi connectivity index (χ2v) is 11.8. The smallest absolute Gasteiger partial charge is 0.254 e. The van der Waals surface area contributed by atoms with Crippen LogP contribution in [0.5, 0.6) is 0 Å². The Morgan fingerprint density at radius 2 is 1.80 bits per heavy atom. The van der Waals surface area contributed by atoms with Crippen molar-refractivity contribution in [3.05, 3.63) is 29.8 Å². The van der Waals surface area contributed by atoms with Crippen LogP contribution in [0.2, 0.25) is 0 Å². The number of hydrogen-bond acceptors (Lipinski definition) is 4. The average Bonchev–Trinajstić information content (AvgIpc) is 2.58. The molecule has 0 spiro atoms. The maximum absolute atomic E-state index is 13.6. The normalized spacial score (nSPS) is 19.1. The van der Waals surface area contributed by atoms with Gasteiger partial charge in [0, 0.05) is 35.3 Å². The summed E-state index contributed by atoms with van der Waals surface area (Å²) in [6, 6.07) is 6.29. The maximum atomic E-state index is 13.6. The van der Waals surface area contributed by atoms with E-state index in [1.54, 1.807) is 26.0 Å². The van der Waals surface area contributed by atoms with Gasteiger partial charge in [0.25, 0.3) is 5.91 Å². The largest absolute Gasteiger partial charge is 0.336 e. The van der Waals surface area contributed by atoms with Crippen LogP contribution in [0.3, 0.4) is 0 Å². The molecule has 1 saturated heterocycles. The topological polar surface area (TPSA) is 78.5 Å². The minimum absolute atomic E-state index is 0.0798. The highest BCUT2D eigenvalue weighted by Gasteiger charge is 2.41. The number of nitrogens with one attached hydrogen (secondary N) is 2. The van der Waals surface area contributed by atoms with Crippen molar-refractivity contribution in [3.8, 4) is 0 Å². The van der Waals surface area contributed by atoms with Crippen LogP contribution >= 0.6 is 0 Å². The van der Waals surface area contributed by atoms with Gasteiger partial charge in [-0.05, 0) is 79.0 Å². The molecule has 7 heteroatoms. The lowest BCUT2D eigenvalue weighted by molar-refractivity contribution is 0.0441. The van der Waals surface area contributed by atoms with Gasteiger partial charge in [-0.1, -0.05) is 19.4 Å². The first kappa shape index (κ1) is 24.8. The Morgan fingerprint density at radius 3 is 2.33 bits per heavy atom. The minimum atomic E-state index is -3.65. The summed E-state index contributed by atoms with van der Waals surface area (Å²) in [6.45, 7) is 15.0. The summed E-state index contributed by atoms with van der Waals surface area (Å²) in [7, 11) is -3.65. The van der Waals surface area contributed by atoms with Gasteiger partial charge in [0.1, 0.15) is 0 Å². The van der Waals surface area contributed by atoms with Gasteiger partial charge in [-0.25, -0.2) is 13.1 Å². The van der Waals surface area contributed by atoms with Gasteiger partial charge < -0.3 is 10.2 Å². The number of carbonyl (C=O) groups excluding carboxylic acids is 1. The molecule has 1 fully saturated rings. The molecule has 1 aliphatic heterocycles. The number of carbonyl (C=O) groups is 1. The van der Waals surface area contributed by atoms with E-state index in [1.165, 1.54) is 12.1 Å². The van der Waals surface area contributed by atoms with Crippen LogP contribution in [0.25, 0.3) is 0 Å². The van der Waals surface area contributed by atoms with Crippen molar-refractivity contribution >= 4 is 15.9 Å². The third-order valence-electron chi connectivity index (χ3n) is 5.40. The molecule has 0 aromatic heterocycles. The van der Waals surface area contributed by atoms with Gasteiger partial charge in [0.2, 0.25) is 10.0 Å². The SMILES string of the molecule is CCCCN(C(=O)c1cccc(S(=O)(=O)NC(C)C)c1)C1CC(C)(C)NC(C)(C)C1. The summed E-state index contributed by atoms with van der Waals surface area (Å²) in [5.74, 6) is -0.0939. The van der Waals surface area contributed by atoms with Gasteiger partial charge in [-0.15, -0.1) is 0 Å². The Labute approximate surface area is 182 Å². The van der Waals surface area contributed by atoms with E-state index in [2.05, 4.69) is 44.7 Å². The second kappa shape index (κ2) is 9.37. The molecule has 6 nitrogen and oxygen atoms in total. The Hall–Kier alpha value is -1.44. The van der Waals surface area contributed by atoms with E-state index in [1.807, 2.05) is 4.90 Å². The molecule has 1 heterocycles. The number of rotatable bonds is 8. The predicted octanol–water partition coefficient (Wildman–Crippen LogP) is 3.92. The van der Waals surface area contributed by atoms with E-state index in [0.717, 1.165) is 25.7 Å². The number of amides is 1. The van der Waals surface area contributed by atoms with E-state index in [4.69, 9.17) is 0 Å². The van der Waals surface area contributed by atoms with E-state index in [0.29, 0.717) is 12.1 Å². The van der Waals surface area contributed by atoms with Crippen LogP contribution in [0, 0.1) is 0 Å². The molecule has 0 aliphatic carbocycles. The summed E-state index contributed by atoms with van der Waals surface area (Å²) in [5, 5.41) is 3.67. The van der Waals surface area contributed by atoms with Crippen molar-refractivity contribution in [1.29, 1.82) is 0 Å². The van der Waals surface area contributed by atoms with E-state index in [9.17, 15) is 13.2 Å². The molecular formula is C23H39N3O3S. The van der Waals surface area contributed by atoms with E-state index in [-0.39, 0.29) is 34.0 Å². The van der Waals surface area contributed by atoms with Crippen molar-refractivity contribution in [2.45, 2.75) is 102 Å². The van der Waals surface area contributed by atoms with Crippen LogP contribution in [0.1, 0.15) is 84.5 Å². The molecule has 2 rings (SSSR count). The molecule has 0 unspecified atom stereocenters. The Bertz CT molecular complexity index is 831. The molecular weight excluding hydrogens is 398 g/mol. The molecule has 0 radical (unpaired) electrons. The zero-order chi connectivity index (χ0) is 22.7. The van der Waals surface area contributed by atoms with E-state index >= 15 is 0 Å². The monoisotopic (exact) mass is 437 g/mol. The van der Waals surface area contributed by atoms with Crippen LogP contribution in [0.4, 0.5) is 0 Å². The Morgan fingerprint density at radius 1 is 1.20 bits per heavy atom. The van der Waals surface area contributed by atoms with Crippen molar-refractivity contribution < 1.29 is 13.2 Å². The van der Waals surface area contributed by atoms with Crippen LogP contribution in [0.15, 0.2) is 29.2 Å². The highest BCUT2D eigenvalue weighted by atomic mass is 32.2. The molecule has 1 aromatic carbocycles. The minimum Gasteiger partial charge on any atom is -0.336 e. The van der Waals surface area contributed by atoms with Crippen molar-refractivity contribution in [3.63, 3.8) is 0 Å². The first-order chi connectivity index (χ1) is 13.8. The lowest BCUT2D eigenvalue weighted by Gasteiger charge is -2.49. The number of sulfonamides is 1. The predicted molar refractivity (Wildman–Crippen MR) is 122 cm³/mol. The zero-order valence-corrected chi connectivity index (χ0v) is 20.4. The molecule has 30 heavy (non-hydrogen) atoms. The standard InChI is InChI=1S/C23H39N3O3S/c1-8-9-13-26(19-15-22(4,5)25-23(6,7)16-19)21(27)18-11-10-12-20(14-18)30(28,29)24-17(2)3/h10-12,14,17,19,24-25H,8-9,13,15-16H2,1-7H3. The fourth-order valence-electron chi connectivity index (χ4n) is 4.61. The van der Waals surface area contributed by atoms with E-state index < -0.39 is 10.0 Å². The molecule has 0 saturated carbocycles. The molecule has 0 bridgehead atoms. The second-order valence-electron chi connectivity index (χ2n) is 10.1. The van der Waals surface area contributed by atoms with Gasteiger partial charge in [0.15, 0.2) is 0 Å². The first-order valence-electron chi connectivity index (χ1n) is 11.0. The Balaban J connectivity index is 2.37. The number of nitrogens with zero attached hydrogens (tertiary/aromatic N) is 1. The molecule has 170 valence electrons. The lowest BCUT2D eigenvalue weighted by atomic mass is 9.78. The number of unbranched alkanes of at least 4 members (excludes halogenated alkanes) is 1. The van der Waals surface area contributed by atoms with Crippen LogP contribution in [-0.2, 0) is 10.0 Å². The Kier molecular flexibility index (Phi) is 7.75. The third-order valence-corrected chi connectivity index (χ3v) is 7.06. The summed E-state index contributed by atoms with van der Waals surface area (Å²) in [6.07, 6.45) is 3.63. The fraction of sp³-hybridized carbons (Fsp3) is 0.696. The number of piperidine rings is 1. The highest BCUT2D eigenvalue weighted by molar-refractivity contribution is 7.89. The highest BCUT2D eigenvalue weighted by Crippen LogP contribution is 2.32. The molecule has 1 amide bonds. The first-order valence-corrected chi connectivity index (χ1v) is 12.5. The zero-order valence-electron chi connectivity index (χ0n) is 19.6. The molecule has 1 aromatic rings. The number of hydrogen-bond donors (Lipinski definition) is 2. The quantitative estimate of drug-likeness (QED) is 0.646. The maximum Gasteiger partial charge on any atom is 0.254 e. The lowest BCUT2D eigenvalue weighted by Crippen LogP contribution is -2.62. The fourth-order valence-corrected chi connectivity index (χ4v) is 5.90. The van der Waals surface area contributed by atoms with Crippen molar-refractivity contribution in [2.75, 3.05) is 6.54 Å². The summed E-state index contributed by atoms with van der Waals surface area (Å²) < 4.78 is 27.8. The molecule has 1 aliphatic rings. The summed E-state index contributed by atoms with van der Waals surface area (Å²) >= 11 is 0. The van der Waals surface area contributed by atoms with Gasteiger partial charge >= 0.3 is 0 Å². The van der Waals surface area contributed by atoms with Crippen molar-refractivity contribution in [2.24, 2.45) is 0 Å². The van der Waals surface area contributed by atoms with Gasteiger partial charge in [-0.2, -0.15) is 0 Å². The number of benzene rings is 1. The van der Waals surface area contributed by atoms with Gasteiger partial charge in [0.05, 0.1) is 4.90 Å². The summed E-state index contributed by atoms with van der Waals surface area (Å²) in [4.78, 5) is 15.7. The molecule has 0 atom stereocenters. The van der Waals surface area contributed by atoms with Gasteiger partial charge in [-0.3, -0.25) is 4.79 Å². The van der Waals surface area contributed by atoms with Crippen LogP contribution in [-0.4, -0.2) is 48.9 Å². The third kappa shape index (κ3) is 6.53. The average molecular weight is 438 g/mol. The van der Waals surface area contributed by atoms with Crippen molar-refractivity contribution in [1.82, 2.24) is 14.9 Å². The summed E-state index contributed by atoms with van der Waals surface area (Å²) in [5.41, 5.74) is 0.263. The molecule has 2 N–H and O–H groups in total.